The molecule has 2 aliphatic heterocycles. The molecule has 0 saturated carbocycles. The largest absolute Gasteiger partial charge is 0.497 e. The highest BCUT2D eigenvalue weighted by Crippen LogP contribution is 2.50. The van der Waals surface area contributed by atoms with Gasteiger partial charge in [-0.3, -0.25) is 9.59 Å². The SMILES string of the molecule is COc1ccc(C2C3=C(CC(C)(C)CC3=O)Nc3ccccc3N2CC(=O)NCc2ccc3c(c2)OCO3)c(OC)c1. The van der Waals surface area contributed by atoms with Crippen LogP contribution in [0.2, 0.25) is 0 Å². The smallest absolute Gasteiger partial charge is 0.239 e. The van der Waals surface area contributed by atoms with Crippen molar-refractivity contribution in [2.45, 2.75) is 39.3 Å². The van der Waals surface area contributed by atoms with E-state index in [4.69, 9.17) is 18.9 Å². The summed E-state index contributed by atoms with van der Waals surface area (Å²) in [4.78, 5) is 29.6. The molecular weight excluding hydrogens is 534 g/mol. The number of hydrogen-bond donors (Lipinski definition) is 2. The molecule has 42 heavy (non-hydrogen) atoms. The lowest BCUT2D eigenvalue weighted by Gasteiger charge is -2.38. The summed E-state index contributed by atoms with van der Waals surface area (Å²) in [6.07, 6.45) is 1.10. The zero-order valence-electron chi connectivity index (χ0n) is 24.3. The molecule has 1 atom stereocenters. The Kier molecular flexibility index (Phi) is 7.18. The number of Topliss-reactive ketones (excluding diaryl/α,β-unsaturated/α-hetero) is 1. The van der Waals surface area contributed by atoms with Gasteiger partial charge < -0.3 is 34.5 Å². The number of anilines is 2. The standard InChI is InChI=1S/C33H35N3O6/c1-33(2)15-24-31(26(37)16-33)32(22-11-10-21(39-3)14-28(22)40-4)36(25-8-6-5-7-23(25)35-24)18-30(38)34-17-20-9-12-27-29(13-20)42-19-41-27/h5-14,32,35H,15-19H2,1-4H3,(H,34,38). The minimum Gasteiger partial charge on any atom is -0.497 e. The maximum atomic E-state index is 14.0. The van der Waals surface area contributed by atoms with E-state index in [-0.39, 0.29) is 30.4 Å². The number of carbonyl (C=O) groups excluding carboxylic acids is 2. The highest BCUT2D eigenvalue weighted by molar-refractivity contribution is 6.02. The van der Waals surface area contributed by atoms with E-state index in [0.717, 1.165) is 28.2 Å². The Morgan fingerprint density at radius 3 is 2.64 bits per heavy atom. The fourth-order valence-corrected chi connectivity index (χ4v) is 6.06. The van der Waals surface area contributed by atoms with Gasteiger partial charge in [0.2, 0.25) is 12.7 Å². The normalized spacial score (nSPS) is 18.4. The second kappa shape index (κ2) is 11.0. The van der Waals surface area contributed by atoms with E-state index >= 15 is 0 Å². The summed E-state index contributed by atoms with van der Waals surface area (Å²) in [5.41, 5.74) is 4.65. The Bertz CT molecular complexity index is 1580. The van der Waals surface area contributed by atoms with Gasteiger partial charge in [-0.05, 0) is 53.8 Å². The predicted octanol–water partition coefficient (Wildman–Crippen LogP) is 5.37. The van der Waals surface area contributed by atoms with Gasteiger partial charge in [-0.25, -0.2) is 0 Å². The van der Waals surface area contributed by atoms with E-state index in [1.165, 1.54) is 0 Å². The molecule has 3 aliphatic rings. The fraction of sp³-hybridized carbons (Fsp3) is 0.333. The monoisotopic (exact) mass is 569 g/mol. The summed E-state index contributed by atoms with van der Waals surface area (Å²) < 4.78 is 22.2. The number of carbonyl (C=O) groups is 2. The van der Waals surface area contributed by atoms with Crippen LogP contribution in [0.4, 0.5) is 11.4 Å². The Morgan fingerprint density at radius 1 is 1.02 bits per heavy atom. The number of hydrogen-bond acceptors (Lipinski definition) is 8. The van der Waals surface area contributed by atoms with Crippen LogP contribution in [-0.4, -0.2) is 39.2 Å². The lowest BCUT2D eigenvalue weighted by molar-refractivity contribution is -0.121. The molecule has 1 amide bonds. The molecule has 0 radical (unpaired) electrons. The number of methoxy groups -OCH3 is 2. The van der Waals surface area contributed by atoms with Crippen molar-refractivity contribution in [1.82, 2.24) is 5.32 Å². The number of ketones is 1. The van der Waals surface area contributed by atoms with Gasteiger partial charge in [0.15, 0.2) is 17.3 Å². The molecule has 3 aromatic carbocycles. The van der Waals surface area contributed by atoms with Crippen molar-refractivity contribution < 1.29 is 28.5 Å². The van der Waals surface area contributed by atoms with Crippen LogP contribution in [0.15, 0.2) is 71.9 Å². The first-order valence-corrected chi connectivity index (χ1v) is 14.0. The van der Waals surface area contributed by atoms with Crippen LogP contribution in [0.5, 0.6) is 23.0 Å². The lowest BCUT2D eigenvalue weighted by Crippen LogP contribution is -2.42. The minimum absolute atomic E-state index is 0.0105. The molecule has 1 unspecified atom stereocenters. The zero-order valence-corrected chi connectivity index (χ0v) is 24.3. The third kappa shape index (κ3) is 5.22. The van der Waals surface area contributed by atoms with Gasteiger partial charge in [-0.15, -0.1) is 0 Å². The molecule has 1 aliphatic carbocycles. The molecule has 9 nitrogen and oxygen atoms in total. The minimum atomic E-state index is -0.572. The topological polar surface area (TPSA) is 98.4 Å². The van der Waals surface area contributed by atoms with Crippen molar-refractivity contribution >= 4 is 23.1 Å². The summed E-state index contributed by atoms with van der Waals surface area (Å²) in [6.45, 7) is 4.74. The van der Waals surface area contributed by atoms with E-state index in [9.17, 15) is 9.59 Å². The average molecular weight is 570 g/mol. The van der Waals surface area contributed by atoms with Gasteiger partial charge in [-0.1, -0.05) is 32.0 Å². The molecule has 0 saturated heterocycles. The summed E-state index contributed by atoms with van der Waals surface area (Å²) >= 11 is 0. The quantitative estimate of drug-likeness (QED) is 0.392. The number of fused-ring (bicyclic) bond motifs is 2. The Balaban J connectivity index is 1.41. The second-order valence-corrected chi connectivity index (χ2v) is 11.6. The first kappa shape index (κ1) is 27.5. The molecular formula is C33H35N3O6. The lowest BCUT2D eigenvalue weighted by atomic mass is 9.73. The van der Waals surface area contributed by atoms with Crippen molar-refractivity contribution in [1.29, 1.82) is 0 Å². The molecule has 2 heterocycles. The molecule has 3 aromatic rings. The van der Waals surface area contributed by atoms with Gasteiger partial charge in [0.05, 0.1) is 38.2 Å². The molecule has 0 bridgehead atoms. The van der Waals surface area contributed by atoms with E-state index in [1.807, 2.05) is 65.6 Å². The van der Waals surface area contributed by atoms with Gasteiger partial charge in [0.25, 0.3) is 0 Å². The number of para-hydroxylation sites is 2. The second-order valence-electron chi connectivity index (χ2n) is 11.6. The van der Waals surface area contributed by atoms with Crippen molar-refractivity contribution in [3.05, 3.63) is 83.1 Å². The molecule has 0 fully saturated rings. The number of ether oxygens (including phenoxy) is 4. The maximum Gasteiger partial charge on any atom is 0.239 e. The van der Waals surface area contributed by atoms with Crippen LogP contribution in [0.1, 0.15) is 43.9 Å². The van der Waals surface area contributed by atoms with Crippen molar-refractivity contribution in [2.24, 2.45) is 5.41 Å². The van der Waals surface area contributed by atoms with Gasteiger partial charge in [0, 0.05) is 35.9 Å². The zero-order chi connectivity index (χ0) is 29.4. The van der Waals surface area contributed by atoms with E-state index in [0.29, 0.717) is 48.0 Å². The number of nitrogens with one attached hydrogen (secondary N) is 2. The Hall–Kier alpha value is -4.66. The summed E-state index contributed by atoms with van der Waals surface area (Å²) in [6, 6.07) is 18.5. The summed E-state index contributed by atoms with van der Waals surface area (Å²) in [5, 5.41) is 6.64. The van der Waals surface area contributed by atoms with E-state index < -0.39 is 6.04 Å². The van der Waals surface area contributed by atoms with Crippen molar-refractivity contribution in [2.75, 3.05) is 37.8 Å². The molecule has 0 aromatic heterocycles. The van der Waals surface area contributed by atoms with Gasteiger partial charge in [-0.2, -0.15) is 0 Å². The molecule has 0 spiro atoms. The Labute approximate surface area is 245 Å². The first-order valence-electron chi connectivity index (χ1n) is 14.0. The number of benzene rings is 3. The number of rotatable bonds is 7. The predicted molar refractivity (Wildman–Crippen MR) is 159 cm³/mol. The third-order valence-corrected chi connectivity index (χ3v) is 7.98. The molecule has 6 rings (SSSR count). The van der Waals surface area contributed by atoms with Crippen LogP contribution in [-0.2, 0) is 16.1 Å². The van der Waals surface area contributed by atoms with Crippen LogP contribution >= 0.6 is 0 Å². The molecule has 2 N–H and O–H groups in total. The van der Waals surface area contributed by atoms with Crippen molar-refractivity contribution in [3.63, 3.8) is 0 Å². The number of allylic oxidation sites excluding steroid dienone is 1. The van der Waals surface area contributed by atoms with Crippen LogP contribution in [0.25, 0.3) is 0 Å². The summed E-state index contributed by atoms with van der Waals surface area (Å²) in [7, 11) is 3.20. The van der Waals surface area contributed by atoms with Gasteiger partial charge in [0.1, 0.15) is 11.5 Å². The highest BCUT2D eigenvalue weighted by atomic mass is 16.7. The van der Waals surface area contributed by atoms with Crippen molar-refractivity contribution in [3.8, 4) is 23.0 Å². The van der Waals surface area contributed by atoms with E-state index in [2.05, 4.69) is 24.5 Å². The van der Waals surface area contributed by atoms with Crippen LogP contribution in [0, 0.1) is 5.41 Å². The number of amides is 1. The molecule has 218 valence electrons. The maximum absolute atomic E-state index is 14.0. The van der Waals surface area contributed by atoms with Crippen LogP contribution < -0.4 is 34.5 Å². The highest BCUT2D eigenvalue weighted by Gasteiger charge is 2.42. The number of nitrogens with zero attached hydrogens (tertiary/aromatic N) is 1. The molecule has 9 heteroatoms. The third-order valence-electron chi connectivity index (χ3n) is 7.98. The average Bonchev–Trinajstić information content (AvgIpc) is 3.40. The fourth-order valence-electron chi connectivity index (χ4n) is 6.06. The Morgan fingerprint density at radius 2 is 1.83 bits per heavy atom. The van der Waals surface area contributed by atoms with E-state index in [1.54, 1.807) is 14.2 Å². The van der Waals surface area contributed by atoms with Gasteiger partial charge >= 0.3 is 0 Å². The summed E-state index contributed by atoms with van der Waals surface area (Å²) in [5.74, 6) is 2.44. The first-order chi connectivity index (χ1) is 20.3. The van der Waals surface area contributed by atoms with Crippen LogP contribution in [0.3, 0.4) is 0 Å².